The topological polar surface area (TPSA) is 12.0 Å². The first-order valence-electron chi connectivity index (χ1n) is 6.93. The Labute approximate surface area is 116 Å². The van der Waals surface area contributed by atoms with Gasteiger partial charge in [0, 0.05) is 12.6 Å². The van der Waals surface area contributed by atoms with E-state index in [9.17, 15) is 0 Å². The predicted octanol–water partition coefficient (Wildman–Crippen LogP) is 4.46. The summed E-state index contributed by atoms with van der Waals surface area (Å²) in [7, 11) is 0. The molecule has 0 spiro atoms. The monoisotopic (exact) mass is 253 g/mol. The van der Waals surface area contributed by atoms with E-state index in [-0.39, 0.29) is 0 Å². The van der Waals surface area contributed by atoms with Crippen LogP contribution in [0.25, 0.3) is 0 Å². The minimum atomic E-state index is 0.376. The second-order valence-electron chi connectivity index (χ2n) is 5.39. The number of benzene rings is 2. The van der Waals surface area contributed by atoms with Crippen molar-refractivity contribution in [1.29, 1.82) is 0 Å². The average molecular weight is 253 g/mol. The van der Waals surface area contributed by atoms with Crippen LogP contribution in [0.15, 0.2) is 42.5 Å². The Hall–Kier alpha value is -1.60. The molecule has 19 heavy (non-hydrogen) atoms. The minimum Gasteiger partial charge on any atom is -0.306 e. The molecule has 0 saturated carbocycles. The molecule has 2 aromatic carbocycles. The summed E-state index contributed by atoms with van der Waals surface area (Å²) in [6.07, 6.45) is 0. The van der Waals surface area contributed by atoms with Gasteiger partial charge in [-0.1, -0.05) is 48.0 Å². The van der Waals surface area contributed by atoms with Gasteiger partial charge < -0.3 is 5.32 Å². The van der Waals surface area contributed by atoms with E-state index >= 15 is 0 Å². The molecule has 0 saturated heterocycles. The number of hydrogen-bond acceptors (Lipinski definition) is 1. The van der Waals surface area contributed by atoms with Crippen molar-refractivity contribution in [3.05, 3.63) is 70.3 Å². The van der Waals surface area contributed by atoms with E-state index < -0.39 is 0 Å². The van der Waals surface area contributed by atoms with Crippen molar-refractivity contribution in [2.24, 2.45) is 0 Å². The van der Waals surface area contributed by atoms with E-state index in [0.29, 0.717) is 6.04 Å². The summed E-state index contributed by atoms with van der Waals surface area (Å²) >= 11 is 0. The summed E-state index contributed by atoms with van der Waals surface area (Å²) in [5.74, 6) is 0. The highest BCUT2D eigenvalue weighted by Gasteiger charge is 2.07. The van der Waals surface area contributed by atoms with Crippen molar-refractivity contribution in [3.63, 3.8) is 0 Å². The van der Waals surface area contributed by atoms with Gasteiger partial charge >= 0.3 is 0 Å². The summed E-state index contributed by atoms with van der Waals surface area (Å²) in [4.78, 5) is 0. The van der Waals surface area contributed by atoms with E-state index in [1.807, 2.05) is 0 Å². The lowest BCUT2D eigenvalue weighted by Crippen LogP contribution is -2.19. The quantitative estimate of drug-likeness (QED) is 0.848. The normalized spacial score (nSPS) is 12.4. The first-order chi connectivity index (χ1) is 9.08. The van der Waals surface area contributed by atoms with Crippen molar-refractivity contribution in [2.75, 3.05) is 0 Å². The standard InChI is InChI=1S/C18H23N/c1-13-9-10-14(2)17(11-13)12-19-16(4)18-8-6-5-7-15(18)3/h5-11,16,19H,12H2,1-4H3/t16-/m1/s1. The molecule has 0 aliphatic carbocycles. The number of rotatable bonds is 4. The van der Waals surface area contributed by atoms with Crippen LogP contribution in [-0.2, 0) is 6.54 Å². The molecule has 1 N–H and O–H groups in total. The Balaban J connectivity index is 2.06. The molecule has 0 amide bonds. The summed E-state index contributed by atoms with van der Waals surface area (Å²) in [5, 5.41) is 3.62. The first-order valence-corrected chi connectivity index (χ1v) is 6.93. The lowest BCUT2D eigenvalue weighted by Gasteiger charge is -2.17. The van der Waals surface area contributed by atoms with E-state index in [1.54, 1.807) is 0 Å². The maximum atomic E-state index is 3.62. The van der Waals surface area contributed by atoms with Gasteiger partial charge in [-0.3, -0.25) is 0 Å². The van der Waals surface area contributed by atoms with Crippen LogP contribution in [0.5, 0.6) is 0 Å². The number of aryl methyl sites for hydroxylation is 3. The summed E-state index contributed by atoms with van der Waals surface area (Å²) in [6.45, 7) is 9.64. The Morgan fingerprint density at radius 2 is 1.68 bits per heavy atom. The maximum Gasteiger partial charge on any atom is 0.0297 e. The zero-order valence-corrected chi connectivity index (χ0v) is 12.3. The molecule has 2 aromatic rings. The molecular formula is C18H23N. The Kier molecular flexibility index (Phi) is 4.39. The molecule has 0 unspecified atom stereocenters. The number of nitrogens with one attached hydrogen (secondary N) is 1. The molecule has 0 radical (unpaired) electrons. The molecule has 1 nitrogen and oxygen atoms in total. The van der Waals surface area contributed by atoms with E-state index in [1.165, 1.54) is 27.8 Å². The van der Waals surface area contributed by atoms with Crippen molar-refractivity contribution in [2.45, 2.75) is 40.3 Å². The fourth-order valence-corrected chi connectivity index (χ4v) is 2.44. The molecular weight excluding hydrogens is 230 g/mol. The number of hydrogen-bond donors (Lipinski definition) is 1. The molecule has 2 rings (SSSR count). The minimum absolute atomic E-state index is 0.376. The highest BCUT2D eigenvalue weighted by molar-refractivity contribution is 5.31. The molecule has 0 fully saturated rings. The predicted molar refractivity (Wildman–Crippen MR) is 82.3 cm³/mol. The smallest absolute Gasteiger partial charge is 0.0297 e. The van der Waals surface area contributed by atoms with Gasteiger partial charge in [0.1, 0.15) is 0 Å². The Bertz CT molecular complexity index is 557. The van der Waals surface area contributed by atoms with Gasteiger partial charge in [-0.15, -0.1) is 0 Å². The van der Waals surface area contributed by atoms with Crippen molar-refractivity contribution in [1.82, 2.24) is 5.32 Å². The van der Waals surface area contributed by atoms with Crippen molar-refractivity contribution < 1.29 is 0 Å². The van der Waals surface area contributed by atoms with Gasteiger partial charge in [0.2, 0.25) is 0 Å². The first kappa shape index (κ1) is 13.8. The van der Waals surface area contributed by atoms with Gasteiger partial charge in [0.05, 0.1) is 0 Å². The van der Waals surface area contributed by atoms with Crippen LogP contribution in [0.1, 0.15) is 40.8 Å². The fourth-order valence-electron chi connectivity index (χ4n) is 2.44. The van der Waals surface area contributed by atoms with Crippen LogP contribution in [0.2, 0.25) is 0 Å². The van der Waals surface area contributed by atoms with E-state index in [4.69, 9.17) is 0 Å². The van der Waals surface area contributed by atoms with Crippen LogP contribution in [0, 0.1) is 20.8 Å². The zero-order chi connectivity index (χ0) is 13.8. The second kappa shape index (κ2) is 6.03. The Morgan fingerprint density at radius 3 is 2.42 bits per heavy atom. The van der Waals surface area contributed by atoms with Crippen LogP contribution < -0.4 is 5.32 Å². The molecule has 1 heteroatoms. The summed E-state index contributed by atoms with van der Waals surface area (Å²) < 4.78 is 0. The molecule has 1 atom stereocenters. The van der Waals surface area contributed by atoms with Gasteiger partial charge in [-0.25, -0.2) is 0 Å². The molecule has 0 aliphatic rings. The van der Waals surface area contributed by atoms with Gasteiger partial charge in [-0.2, -0.15) is 0 Å². The third-order valence-corrected chi connectivity index (χ3v) is 3.76. The van der Waals surface area contributed by atoms with Gasteiger partial charge in [0.15, 0.2) is 0 Å². The third kappa shape index (κ3) is 3.45. The largest absolute Gasteiger partial charge is 0.306 e. The lowest BCUT2D eigenvalue weighted by atomic mass is 10.0. The summed E-state index contributed by atoms with van der Waals surface area (Å²) in [5.41, 5.74) is 6.80. The van der Waals surface area contributed by atoms with Crippen LogP contribution in [0.3, 0.4) is 0 Å². The SMILES string of the molecule is Cc1ccc(C)c(CN[C@H](C)c2ccccc2C)c1. The highest BCUT2D eigenvalue weighted by atomic mass is 14.9. The maximum absolute atomic E-state index is 3.62. The van der Waals surface area contributed by atoms with Crippen LogP contribution >= 0.6 is 0 Å². The average Bonchev–Trinajstić information content (AvgIpc) is 2.40. The van der Waals surface area contributed by atoms with Gasteiger partial charge in [-0.05, 0) is 49.9 Å². The highest BCUT2D eigenvalue weighted by Crippen LogP contribution is 2.18. The third-order valence-electron chi connectivity index (χ3n) is 3.76. The molecule has 0 aliphatic heterocycles. The molecule has 0 bridgehead atoms. The second-order valence-corrected chi connectivity index (χ2v) is 5.39. The molecule has 0 aromatic heterocycles. The van der Waals surface area contributed by atoms with Gasteiger partial charge in [0.25, 0.3) is 0 Å². The van der Waals surface area contributed by atoms with E-state index in [0.717, 1.165) is 6.54 Å². The Morgan fingerprint density at radius 1 is 0.947 bits per heavy atom. The molecule has 100 valence electrons. The van der Waals surface area contributed by atoms with Crippen molar-refractivity contribution in [3.8, 4) is 0 Å². The fraction of sp³-hybridized carbons (Fsp3) is 0.333. The van der Waals surface area contributed by atoms with Crippen LogP contribution in [-0.4, -0.2) is 0 Å². The van der Waals surface area contributed by atoms with E-state index in [2.05, 4.69) is 75.5 Å². The van der Waals surface area contributed by atoms with Crippen molar-refractivity contribution >= 4 is 0 Å². The molecule has 0 heterocycles. The van der Waals surface area contributed by atoms with Crippen LogP contribution in [0.4, 0.5) is 0 Å². The lowest BCUT2D eigenvalue weighted by molar-refractivity contribution is 0.571. The summed E-state index contributed by atoms with van der Waals surface area (Å²) in [6, 6.07) is 15.6. The zero-order valence-electron chi connectivity index (χ0n) is 12.3.